The first-order valence-corrected chi connectivity index (χ1v) is 5.92. The van der Waals surface area contributed by atoms with E-state index in [1.165, 1.54) is 7.11 Å². The van der Waals surface area contributed by atoms with Crippen molar-refractivity contribution in [1.82, 2.24) is 5.32 Å². The van der Waals surface area contributed by atoms with Gasteiger partial charge in [0.15, 0.2) is 0 Å². The van der Waals surface area contributed by atoms with E-state index in [0.717, 1.165) is 5.56 Å². The Hall–Kier alpha value is -2.08. The summed E-state index contributed by atoms with van der Waals surface area (Å²) >= 11 is 0. The molecule has 1 aromatic carbocycles. The molecule has 6 heteroatoms. The molecule has 1 amide bonds. The Labute approximate surface area is 111 Å². The molecule has 1 rings (SSSR count). The van der Waals surface area contributed by atoms with E-state index in [2.05, 4.69) is 10.1 Å². The zero-order valence-corrected chi connectivity index (χ0v) is 10.8. The molecule has 6 nitrogen and oxygen atoms in total. The molecule has 19 heavy (non-hydrogen) atoms. The van der Waals surface area contributed by atoms with Crippen LogP contribution in [-0.4, -0.2) is 31.8 Å². The Morgan fingerprint density at radius 1 is 1.32 bits per heavy atom. The SMILES string of the molecule is COC(=O)[C@H](CCN)NC(=O)OCc1ccccc1. The smallest absolute Gasteiger partial charge is 0.408 e. The van der Waals surface area contributed by atoms with E-state index in [9.17, 15) is 9.59 Å². The molecular formula is C13H18N2O4. The molecule has 0 spiro atoms. The molecule has 0 unspecified atom stereocenters. The summed E-state index contributed by atoms with van der Waals surface area (Å²) in [5.41, 5.74) is 6.23. The Balaban J connectivity index is 2.42. The van der Waals surface area contributed by atoms with E-state index in [-0.39, 0.29) is 13.2 Å². The number of rotatable bonds is 6. The number of nitrogens with one attached hydrogen (secondary N) is 1. The second-order valence-electron chi connectivity index (χ2n) is 3.86. The molecular weight excluding hydrogens is 248 g/mol. The van der Waals surface area contributed by atoms with E-state index < -0.39 is 18.1 Å². The first-order chi connectivity index (χ1) is 9.17. The number of hydrogen-bond donors (Lipinski definition) is 2. The highest BCUT2D eigenvalue weighted by Crippen LogP contribution is 2.01. The van der Waals surface area contributed by atoms with Crippen molar-refractivity contribution in [2.45, 2.75) is 19.1 Å². The molecule has 0 saturated carbocycles. The van der Waals surface area contributed by atoms with Gasteiger partial charge in [-0.1, -0.05) is 30.3 Å². The van der Waals surface area contributed by atoms with E-state index >= 15 is 0 Å². The van der Waals surface area contributed by atoms with Crippen molar-refractivity contribution in [2.24, 2.45) is 5.73 Å². The minimum absolute atomic E-state index is 0.142. The Bertz CT molecular complexity index is 408. The Kier molecular flexibility index (Phi) is 6.38. The monoisotopic (exact) mass is 266 g/mol. The normalized spacial score (nSPS) is 11.5. The summed E-state index contributed by atoms with van der Waals surface area (Å²) < 4.78 is 9.56. The summed E-state index contributed by atoms with van der Waals surface area (Å²) in [6.07, 6.45) is -0.375. The quantitative estimate of drug-likeness (QED) is 0.743. The molecule has 0 radical (unpaired) electrons. The van der Waals surface area contributed by atoms with Crippen molar-refractivity contribution in [3.8, 4) is 0 Å². The summed E-state index contributed by atoms with van der Waals surface area (Å²) in [5, 5.41) is 2.42. The number of ether oxygens (including phenoxy) is 2. The van der Waals surface area contributed by atoms with Crippen LogP contribution in [0.25, 0.3) is 0 Å². The summed E-state index contributed by atoms with van der Waals surface area (Å²) in [6.45, 7) is 0.405. The van der Waals surface area contributed by atoms with Gasteiger partial charge in [0.2, 0.25) is 0 Å². The summed E-state index contributed by atoms with van der Waals surface area (Å²) in [6, 6.07) is 8.47. The summed E-state index contributed by atoms with van der Waals surface area (Å²) in [4.78, 5) is 22.9. The maximum Gasteiger partial charge on any atom is 0.408 e. The van der Waals surface area contributed by atoms with E-state index in [1.807, 2.05) is 30.3 Å². The molecule has 0 saturated heterocycles. The zero-order valence-electron chi connectivity index (χ0n) is 10.8. The standard InChI is InChI=1S/C13H18N2O4/c1-18-12(16)11(7-8-14)15-13(17)19-9-10-5-3-2-4-6-10/h2-6,11H,7-9,14H2,1H3,(H,15,17)/t11-/m0/s1. The molecule has 3 N–H and O–H groups in total. The number of methoxy groups -OCH3 is 1. The average molecular weight is 266 g/mol. The van der Waals surface area contributed by atoms with Gasteiger partial charge in [-0.15, -0.1) is 0 Å². The lowest BCUT2D eigenvalue weighted by atomic mass is 10.2. The molecule has 0 aliphatic carbocycles. The van der Waals surface area contributed by atoms with Crippen molar-refractivity contribution in [2.75, 3.05) is 13.7 Å². The van der Waals surface area contributed by atoms with Crippen molar-refractivity contribution in [1.29, 1.82) is 0 Å². The lowest BCUT2D eigenvalue weighted by Gasteiger charge is -2.15. The summed E-state index contributed by atoms with van der Waals surface area (Å²) in [7, 11) is 1.25. The lowest BCUT2D eigenvalue weighted by Crippen LogP contribution is -2.42. The number of carbonyl (C=O) groups is 2. The third-order valence-electron chi connectivity index (χ3n) is 2.45. The molecule has 0 bridgehead atoms. The van der Waals surface area contributed by atoms with Gasteiger partial charge in [-0.3, -0.25) is 0 Å². The van der Waals surface area contributed by atoms with Crippen LogP contribution < -0.4 is 11.1 Å². The van der Waals surface area contributed by atoms with Crippen molar-refractivity contribution in [3.63, 3.8) is 0 Å². The fourth-order valence-electron chi connectivity index (χ4n) is 1.46. The third kappa shape index (κ3) is 5.39. The van der Waals surface area contributed by atoms with Gasteiger partial charge in [-0.05, 0) is 18.5 Å². The second kappa shape index (κ2) is 8.10. The van der Waals surface area contributed by atoms with Gasteiger partial charge in [0.1, 0.15) is 12.6 Å². The van der Waals surface area contributed by atoms with Gasteiger partial charge in [0, 0.05) is 0 Å². The fraction of sp³-hybridized carbons (Fsp3) is 0.385. The Morgan fingerprint density at radius 2 is 2.00 bits per heavy atom. The van der Waals surface area contributed by atoms with Gasteiger partial charge in [-0.25, -0.2) is 9.59 Å². The van der Waals surface area contributed by atoms with Gasteiger partial charge in [0.25, 0.3) is 0 Å². The zero-order chi connectivity index (χ0) is 14.1. The van der Waals surface area contributed by atoms with Crippen LogP contribution in [0.5, 0.6) is 0 Å². The van der Waals surface area contributed by atoms with Crippen LogP contribution in [0.3, 0.4) is 0 Å². The van der Waals surface area contributed by atoms with Crippen LogP contribution >= 0.6 is 0 Å². The maximum atomic E-state index is 11.5. The first-order valence-electron chi connectivity index (χ1n) is 5.92. The molecule has 0 aliphatic heterocycles. The number of hydrogen-bond acceptors (Lipinski definition) is 5. The van der Waals surface area contributed by atoms with Gasteiger partial charge >= 0.3 is 12.1 Å². The molecule has 0 aromatic heterocycles. The van der Waals surface area contributed by atoms with Crippen molar-refractivity contribution >= 4 is 12.1 Å². The highest BCUT2D eigenvalue weighted by Gasteiger charge is 2.21. The predicted molar refractivity (Wildman–Crippen MR) is 69.2 cm³/mol. The fourth-order valence-corrected chi connectivity index (χ4v) is 1.46. The molecule has 1 aromatic rings. The minimum atomic E-state index is -0.779. The van der Waals surface area contributed by atoms with Crippen LogP contribution in [0.2, 0.25) is 0 Å². The lowest BCUT2D eigenvalue weighted by molar-refractivity contribution is -0.143. The average Bonchev–Trinajstić information content (AvgIpc) is 2.45. The number of esters is 1. The molecule has 0 aliphatic rings. The van der Waals surface area contributed by atoms with Crippen LogP contribution in [-0.2, 0) is 20.9 Å². The third-order valence-corrected chi connectivity index (χ3v) is 2.45. The highest BCUT2D eigenvalue weighted by atomic mass is 16.6. The van der Waals surface area contributed by atoms with Gasteiger partial charge in [-0.2, -0.15) is 0 Å². The van der Waals surface area contributed by atoms with Crippen molar-refractivity contribution < 1.29 is 19.1 Å². The topological polar surface area (TPSA) is 90.6 Å². The van der Waals surface area contributed by atoms with E-state index in [0.29, 0.717) is 6.42 Å². The molecule has 0 heterocycles. The van der Waals surface area contributed by atoms with Crippen molar-refractivity contribution in [3.05, 3.63) is 35.9 Å². The summed E-state index contributed by atoms with van der Waals surface area (Å²) in [5.74, 6) is -0.540. The number of alkyl carbamates (subject to hydrolysis) is 1. The van der Waals surface area contributed by atoms with Crippen LogP contribution in [0.15, 0.2) is 30.3 Å². The van der Waals surface area contributed by atoms with Crippen LogP contribution in [0, 0.1) is 0 Å². The molecule has 1 atom stereocenters. The number of benzene rings is 1. The number of carbonyl (C=O) groups excluding carboxylic acids is 2. The van der Waals surface area contributed by atoms with Crippen LogP contribution in [0.1, 0.15) is 12.0 Å². The largest absolute Gasteiger partial charge is 0.467 e. The maximum absolute atomic E-state index is 11.5. The van der Waals surface area contributed by atoms with Gasteiger partial charge in [0.05, 0.1) is 7.11 Å². The van der Waals surface area contributed by atoms with E-state index in [1.54, 1.807) is 0 Å². The molecule has 0 fully saturated rings. The van der Waals surface area contributed by atoms with E-state index in [4.69, 9.17) is 10.5 Å². The van der Waals surface area contributed by atoms with Crippen LogP contribution in [0.4, 0.5) is 4.79 Å². The Morgan fingerprint density at radius 3 is 2.58 bits per heavy atom. The first kappa shape index (κ1) is 15.0. The number of amides is 1. The minimum Gasteiger partial charge on any atom is -0.467 e. The number of nitrogens with two attached hydrogens (primary N) is 1. The predicted octanol–water partition coefficient (Wildman–Crippen LogP) is 0.803. The van der Waals surface area contributed by atoms with Gasteiger partial charge < -0.3 is 20.5 Å². The highest BCUT2D eigenvalue weighted by molar-refractivity contribution is 5.81. The molecule has 104 valence electrons. The second-order valence-corrected chi connectivity index (χ2v) is 3.86.